The standard InChI is InChI=1S/C41H48N6O5S/c1-5-40(49)46-27(3)25-35(33-11-7-9-13-37(33)46)43-29-15-17-31(18-16-29)45-39(48)23-24-42-53(51,52)32-21-19-30(20-22-32)44-36-26-28(4)47(41(50)6-2)38-14-10-8-12-34(36)38/h7-22,27-28,35-36,42-44H,5-6,23-26H2,1-4H3,(H,45,48)/t27-,28-,35+,36+/m0/s1. The zero-order valence-electron chi connectivity index (χ0n) is 30.6. The predicted octanol–water partition coefficient (Wildman–Crippen LogP) is 7.37. The summed E-state index contributed by atoms with van der Waals surface area (Å²) in [4.78, 5) is 41.9. The van der Waals surface area contributed by atoms with Crippen LogP contribution in [-0.2, 0) is 24.4 Å². The van der Waals surface area contributed by atoms with Crippen LogP contribution in [0.15, 0.2) is 102 Å². The van der Waals surface area contributed by atoms with Gasteiger partial charge >= 0.3 is 0 Å². The molecule has 2 heterocycles. The van der Waals surface area contributed by atoms with Crippen LogP contribution in [0.25, 0.3) is 0 Å². The number of anilines is 5. The second kappa shape index (κ2) is 16.2. The fourth-order valence-electron chi connectivity index (χ4n) is 7.39. The Morgan fingerprint density at radius 1 is 0.642 bits per heavy atom. The topological polar surface area (TPSA) is 140 Å². The summed E-state index contributed by atoms with van der Waals surface area (Å²) in [5.74, 6) is -0.123. The first-order valence-corrected chi connectivity index (χ1v) is 19.8. The van der Waals surface area contributed by atoms with E-state index in [1.54, 1.807) is 36.4 Å². The third-order valence-electron chi connectivity index (χ3n) is 9.98. The van der Waals surface area contributed by atoms with Gasteiger partial charge in [-0.25, -0.2) is 13.1 Å². The molecule has 0 unspecified atom stereocenters. The van der Waals surface area contributed by atoms with E-state index < -0.39 is 10.0 Å². The minimum absolute atomic E-state index is 0.00786. The molecule has 278 valence electrons. The van der Waals surface area contributed by atoms with E-state index in [1.807, 2.05) is 91.2 Å². The van der Waals surface area contributed by atoms with Crippen LogP contribution in [0.2, 0.25) is 0 Å². The van der Waals surface area contributed by atoms with Crippen molar-refractivity contribution in [3.05, 3.63) is 108 Å². The summed E-state index contributed by atoms with van der Waals surface area (Å²) in [7, 11) is -3.84. The van der Waals surface area contributed by atoms with Gasteiger partial charge in [0.05, 0.1) is 17.0 Å². The van der Waals surface area contributed by atoms with Gasteiger partial charge in [-0.2, -0.15) is 0 Å². The molecule has 2 aliphatic rings. The van der Waals surface area contributed by atoms with E-state index in [9.17, 15) is 22.8 Å². The highest BCUT2D eigenvalue weighted by Gasteiger charge is 2.34. The maximum atomic E-state index is 13.0. The second-order valence-electron chi connectivity index (χ2n) is 13.7. The van der Waals surface area contributed by atoms with Crippen LogP contribution < -0.4 is 30.5 Å². The predicted molar refractivity (Wildman–Crippen MR) is 211 cm³/mol. The lowest BCUT2D eigenvalue weighted by atomic mass is 9.91. The number of carbonyl (C=O) groups excluding carboxylic acids is 3. The molecule has 12 heteroatoms. The Hall–Kier alpha value is -5.20. The number of hydrogen-bond acceptors (Lipinski definition) is 7. The number of fused-ring (bicyclic) bond motifs is 2. The molecule has 11 nitrogen and oxygen atoms in total. The number of rotatable bonds is 12. The molecule has 0 aliphatic carbocycles. The number of carbonyl (C=O) groups is 3. The van der Waals surface area contributed by atoms with E-state index >= 15 is 0 Å². The Balaban J connectivity index is 0.995. The third kappa shape index (κ3) is 8.39. The van der Waals surface area contributed by atoms with Gasteiger partial charge in [0, 0.05) is 66.3 Å². The lowest BCUT2D eigenvalue weighted by Gasteiger charge is -2.40. The molecule has 0 spiro atoms. The Morgan fingerprint density at radius 3 is 1.55 bits per heavy atom. The fourth-order valence-corrected chi connectivity index (χ4v) is 8.42. The van der Waals surface area contributed by atoms with Crippen LogP contribution >= 0.6 is 0 Å². The van der Waals surface area contributed by atoms with Gasteiger partial charge in [-0.3, -0.25) is 14.4 Å². The summed E-state index contributed by atoms with van der Waals surface area (Å²) in [6, 6.07) is 29.8. The molecule has 0 bridgehead atoms. The molecule has 53 heavy (non-hydrogen) atoms. The summed E-state index contributed by atoms with van der Waals surface area (Å²) in [6.07, 6.45) is 2.31. The van der Waals surface area contributed by atoms with Crippen LogP contribution in [0.5, 0.6) is 0 Å². The number of para-hydroxylation sites is 2. The lowest BCUT2D eigenvalue weighted by molar-refractivity contribution is -0.119. The van der Waals surface area contributed by atoms with Crippen molar-refractivity contribution in [2.75, 3.05) is 32.3 Å². The van der Waals surface area contributed by atoms with Gasteiger partial charge in [-0.05, 0) is 98.5 Å². The van der Waals surface area contributed by atoms with Gasteiger partial charge in [-0.15, -0.1) is 0 Å². The number of nitrogens with zero attached hydrogens (tertiary/aromatic N) is 2. The van der Waals surface area contributed by atoms with Crippen molar-refractivity contribution in [2.24, 2.45) is 0 Å². The maximum Gasteiger partial charge on any atom is 0.240 e. The molecule has 0 saturated heterocycles. The van der Waals surface area contributed by atoms with Gasteiger partial charge < -0.3 is 25.8 Å². The zero-order valence-corrected chi connectivity index (χ0v) is 31.5. The Morgan fingerprint density at radius 2 is 1.08 bits per heavy atom. The molecule has 4 aromatic rings. The lowest BCUT2D eigenvalue weighted by Crippen LogP contribution is -2.44. The van der Waals surface area contributed by atoms with Crippen LogP contribution in [0, 0.1) is 0 Å². The van der Waals surface area contributed by atoms with Crippen molar-refractivity contribution in [3.8, 4) is 0 Å². The van der Waals surface area contributed by atoms with Crippen molar-refractivity contribution < 1.29 is 22.8 Å². The minimum Gasteiger partial charge on any atom is -0.378 e. The molecule has 0 aromatic heterocycles. The van der Waals surface area contributed by atoms with Crippen LogP contribution in [-0.4, -0.2) is 44.8 Å². The van der Waals surface area contributed by atoms with Crippen molar-refractivity contribution in [2.45, 2.75) is 88.9 Å². The van der Waals surface area contributed by atoms with E-state index in [-0.39, 0.29) is 59.7 Å². The molecule has 0 fully saturated rings. The van der Waals surface area contributed by atoms with Crippen LogP contribution in [0.1, 0.15) is 83.0 Å². The largest absolute Gasteiger partial charge is 0.378 e. The molecule has 0 radical (unpaired) electrons. The van der Waals surface area contributed by atoms with Crippen molar-refractivity contribution >= 4 is 56.2 Å². The SMILES string of the molecule is CCC(=O)N1c2ccccc2[C@H](Nc2ccc(NC(=O)CCNS(=O)(=O)c3ccc(N[C@@H]4C[C@H](C)N(C(=O)CC)c5ccccc54)cc3)cc2)C[C@@H]1C. The van der Waals surface area contributed by atoms with E-state index in [0.717, 1.165) is 40.3 Å². The molecule has 0 saturated carbocycles. The number of hydrogen-bond donors (Lipinski definition) is 4. The highest BCUT2D eigenvalue weighted by Crippen LogP contribution is 2.40. The molecule has 3 amide bonds. The molecule has 6 rings (SSSR count). The summed E-state index contributed by atoms with van der Waals surface area (Å²) < 4.78 is 28.6. The summed E-state index contributed by atoms with van der Waals surface area (Å²) >= 11 is 0. The molecule has 4 aromatic carbocycles. The van der Waals surface area contributed by atoms with Crippen LogP contribution in [0.4, 0.5) is 28.4 Å². The average molecular weight is 737 g/mol. The number of amides is 3. The normalized spacial score (nSPS) is 19.5. The summed E-state index contributed by atoms with van der Waals surface area (Å²) in [6.45, 7) is 7.79. The van der Waals surface area contributed by atoms with Gasteiger partial charge in [0.2, 0.25) is 27.7 Å². The highest BCUT2D eigenvalue weighted by molar-refractivity contribution is 7.89. The fraction of sp³-hybridized carbons (Fsp3) is 0.341. The summed E-state index contributed by atoms with van der Waals surface area (Å²) in [5, 5.41) is 9.94. The molecule has 4 atom stereocenters. The van der Waals surface area contributed by atoms with Gasteiger partial charge in [0.15, 0.2) is 0 Å². The van der Waals surface area contributed by atoms with Crippen molar-refractivity contribution in [1.82, 2.24) is 4.72 Å². The first-order chi connectivity index (χ1) is 25.5. The smallest absolute Gasteiger partial charge is 0.240 e. The first-order valence-electron chi connectivity index (χ1n) is 18.3. The molecule has 4 N–H and O–H groups in total. The van der Waals surface area contributed by atoms with Gasteiger partial charge in [-0.1, -0.05) is 50.2 Å². The second-order valence-corrected chi connectivity index (χ2v) is 15.5. The van der Waals surface area contributed by atoms with Crippen molar-refractivity contribution in [3.63, 3.8) is 0 Å². The van der Waals surface area contributed by atoms with E-state index in [2.05, 4.69) is 27.6 Å². The molecular weight excluding hydrogens is 689 g/mol. The minimum atomic E-state index is -3.84. The summed E-state index contributed by atoms with van der Waals surface area (Å²) in [5.41, 5.74) is 6.16. The Kier molecular flexibility index (Phi) is 11.5. The monoisotopic (exact) mass is 736 g/mol. The molecular formula is C41H48N6O5S. The van der Waals surface area contributed by atoms with Crippen molar-refractivity contribution in [1.29, 1.82) is 0 Å². The quantitative estimate of drug-likeness (QED) is 0.119. The number of sulfonamides is 1. The van der Waals surface area contributed by atoms with E-state index in [1.165, 1.54) is 0 Å². The van der Waals surface area contributed by atoms with Crippen LogP contribution in [0.3, 0.4) is 0 Å². The van der Waals surface area contributed by atoms with E-state index in [4.69, 9.17) is 0 Å². The Bertz CT molecular complexity index is 2050. The number of nitrogens with one attached hydrogen (secondary N) is 4. The third-order valence-corrected chi connectivity index (χ3v) is 11.5. The van der Waals surface area contributed by atoms with Gasteiger partial charge in [0.1, 0.15) is 0 Å². The Labute approximate surface area is 312 Å². The van der Waals surface area contributed by atoms with E-state index in [0.29, 0.717) is 24.9 Å². The highest BCUT2D eigenvalue weighted by atomic mass is 32.2. The first kappa shape index (κ1) is 37.6. The maximum absolute atomic E-state index is 13.0. The molecule has 2 aliphatic heterocycles. The van der Waals surface area contributed by atoms with Gasteiger partial charge in [0.25, 0.3) is 0 Å². The number of benzene rings is 4. The zero-order chi connectivity index (χ0) is 37.7. The average Bonchev–Trinajstić information content (AvgIpc) is 3.15.